The van der Waals surface area contributed by atoms with Crippen molar-refractivity contribution in [1.82, 2.24) is 14.5 Å². The number of imidazole rings is 1. The van der Waals surface area contributed by atoms with Crippen LogP contribution in [0.4, 0.5) is 0 Å². The maximum absolute atomic E-state index is 6.20. The third-order valence-electron chi connectivity index (χ3n) is 5.46. The van der Waals surface area contributed by atoms with Gasteiger partial charge in [-0.1, -0.05) is 19.8 Å². The molecule has 118 valence electrons. The Morgan fingerprint density at radius 3 is 2.90 bits per heavy atom. The minimum Gasteiger partial charge on any atom is -0.333 e. The van der Waals surface area contributed by atoms with E-state index in [-0.39, 0.29) is 0 Å². The van der Waals surface area contributed by atoms with Crippen LogP contribution in [0.25, 0.3) is 0 Å². The van der Waals surface area contributed by atoms with Gasteiger partial charge in [0.05, 0.1) is 18.1 Å². The molecular weight excluding hydrogens is 260 g/mol. The van der Waals surface area contributed by atoms with Gasteiger partial charge < -0.3 is 10.3 Å². The Labute approximate surface area is 128 Å². The predicted octanol–water partition coefficient (Wildman–Crippen LogP) is 2.95. The first-order chi connectivity index (χ1) is 10.3. The first-order valence-electron chi connectivity index (χ1n) is 8.81. The molecule has 1 saturated carbocycles. The fourth-order valence-corrected chi connectivity index (χ4v) is 4.51. The number of likely N-dealkylation sites (tertiary alicyclic amines) is 1. The van der Waals surface area contributed by atoms with Gasteiger partial charge in [-0.05, 0) is 44.6 Å². The molecule has 1 aliphatic carbocycles. The zero-order valence-corrected chi connectivity index (χ0v) is 13.4. The lowest BCUT2D eigenvalue weighted by Gasteiger charge is -2.47. The van der Waals surface area contributed by atoms with E-state index in [1.54, 1.807) is 0 Å². The lowest BCUT2D eigenvalue weighted by Crippen LogP contribution is -2.50. The molecule has 4 heteroatoms. The minimum absolute atomic E-state index is 0.352. The number of aromatic nitrogens is 2. The summed E-state index contributed by atoms with van der Waals surface area (Å²) < 4.78 is 2.31. The molecule has 2 aliphatic rings. The molecule has 1 aromatic rings. The molecule has 2 fully saturated rings. The third-order valence-corrected chi connectivity index (χ3v) is 5.46. The van der Waals surface area contributed by atoms with E-state index in [0.29, 0.717) is 12.6 Å². The first-order valence-corrected chi connectivity index (χ1v) is 8.81. The highest BCUT2D eigenvalue weighted by atomic mass is 15.2. The third kappa shape index (κ3) is 3.02. The predicted molar refractivity (Wildman–Crippen MR) is 86.0 cm³/mol. The van der Waals surface area contributed by atoms with Crippen LogP contribution in [-0.4, -0.2) is 33.6 Å². The minimum atomic E-state index is 0.352. The van der Waals surface area contributed by atoms with E-state index in [9.17, 15) is 0 Å². The monoisotopic (exact) mass is 290 g/mol. The van der Waals surface area contributed by atoms with Crippen molar-refractivity contribution in [2.45, 2.75) is 70.5 Å². The Morgan fingerprint density at radius 1 is 1.29 bits per heavy atom. The van der Waals surface area contributed by atoms with Crippen molar-refractivity contribution in [3.63, 3.8) is 0 Å². The van der Waals surface area contributed by atoms with Crippen LogP contribution >= 0.6 is 0 Å². The van der Waals surface area contributed by atoms with E-state index in [1.165, 1.54) is 50.8 Å². The average molecular weight is 290 g/mol. The number of aryl methyl sites for hydroxylation is 1. The summed E-state index contributed by atoms with van der Waals surface area (Å²) in [6, 6.07) is 1.11. The average Bonchev–Trinajstić information content (AvgIpc) is 2.97. The van der Waals surface area contributed by atoms with Gasteiger partial charge in [0.15, 0.2) is 0 Å². The summed E-state index contributed by atoms with van der Waals surface area (Å²) in [5.74, 6) is 0.907. The molecule has 1 aliphatic heterocycles. The largest absolute Gasteiger partial charge is 0.333 e. The van der Waals surface area contributed by atoms with Gasteiger partial charge in [-0.2, -0.15) is 0 Å². The van der Waals surface area contributed by atoms with Gasteiger partial charge in [-0.25, -0.2) is 4.98 Å². The fourth-order valence-electron chi connectivity index (χ4n) is 4.51. The SMILES string of the molecule is CCCn1cncc1C(CN)N1CCC[C@H]2CCCC[C@H]21. The first kappa shape index (κ1) is 15.0. The standard InChI is InChI=1S/C17H30N4/c1-2-9-20-13-19-12-17(20)16(11-18)21-10-5-7-14-6-3-4-8-15(14)21/h12-16H,2-11,18H2,1H3/t14-,15-,16?/m1/s1. The van der Waals surface area contributed by atoms with Gasteiger partial charge in [0, 0.05) is 25.3 Å². The van der Waals surface area contributed by atoms with Crippen LogP contribution in [0.15, 0.2) is 12.5 Å². The molecule has 3 atom stereocenters. The highest BCUT2D eigenvalue weighted by Crippen LogP contribution is 2.39. The molecular formula is C17H30N4. The molecule has 2 heterocycles. The van der Waals surface area contributed by atoms with E-state index < -0.39 is 0 Å². The number of hydrogen-bond acceptors (Lipinski definition) is 3. The number of nitrogens with zero attached hydrogens (tertiary/aromatic N) is 3. The van der Waals surface area contributed by atoms with E-state index >= 15 is 0 Å². The summed E-state index contributed by atoms with van der Waals surface area (Å²) in [6.45, 7) is 5.19. The lowest BCUT2D eigenvalue weighted by atomic mass is 9.77. The normalized spacial score (nSPS) is 28.3. The fraction of sp³-hybridized carbons (Fsp3) is 0.824. The van der Waals surface area contributed by atoms with Crippen LogP contribution in [0, 0.1) is 5.92 Å². The van der Waals surface area contributed by atoms with Gasteiger partial charge in [0.2, 0.25) is 0 Å². The summed E-state index contributed by atoms with van der Waals surface area (Å²) in [5, 5.41) is 0. The van der Waals surface area contributed by atoms with E-state index in [2.05, 4.69) is 21.4 Å². The second-order valence-corrected chi connectivity index (χ2v) is 6.76. The van der Waals surface area contributed by atoms with Crippen LogP contribution in [0.5, 0.6) is 0 Å². The van der Waals surface area contributed by atoms with Gasteiger partial charge in [-0.3, -0.25) is 4.90 Å². The molecule has 1 unspecified atom stereocenters. The van der Waals surface area contributed by atoms with Crippen molar-refractivity contribution in [3.05, 3.63) is 18.2 Å². The molecule has 0 amide bonds. The highest BCUT2D eigenvalue weighted by molar-refractivity contribution is 5.08. The smallest absolute Gasteiger partial charge is 0.0948 e. The summed E-state index contributed by atoms with van der Waals surface area (Å²) in [5.41, 5.74) is 7.52. The summed E-state index contributed by atoms with van der Waals surface area (Å²) in [7, 11) is 0. The van der Waals surface area contributed by atoms with Crippen LogP contribution in [-0.2, 0) is 6.54 Å². The molecule has 0 radical (unpaired) electrons. The van der Waals surface area contributed by atoms with Crippen molar-refractivity contribution < 1.29 is 0 Å². The Kier molecular flexibility index (Phi) is 4.96. The Balaban J connectivity index is 1.82. The van der Waals surface area contributed by atoms with Gasteiger partial charge in [0.25, 0.3) is 0 Å². The van der Waals surface area contributed by atoms with Crippen molar-refractivity contribution in [2.24, 2.45) is 11.7 Å². The Bertz CT molecular complexity index is 440. The Hall–Kier alpha value is -0.870. The van der Waals surface area contributed by atoms with E-state index in [4.69, 9.17) is 5.73 Å². The number of piperidine rings is 1. The maximum atomic E-state index is 6.20. The van der Waals surface area contributed by atoms with Crippen LogP contribution in [0.1, 0.15) is 63.6 Å². The summed E-state index contributed by atoms with van der Waals surface area (Å²) in [4.78, 5) is 7.11. The van der Waals surface area contributed by atoms with Gasteiger partial charge in [-0.15, -0.1) is 0 Å². The zero-order valence-electron chi connectivity index (χ0n) is 13.4. The molecule has 0 aromatic carbocycles. The van der Waals surface area contributed by atoms with Crippen molar-refractivity contribution in [2.75, 3.05) is 13.1 Å². The van der Waals surface area contributed by atoms with Gasteiger partial charge in [0.1, 0.15) is 0 Å². The van der Waals surface area contributed by atoms with Crippen LogP contribution in [0.3, 0.4) is 0 Å². The van der Waals surface area contributed by atoms with Crippen LogP contribution < -0.4 is 5.73 Å². The second-order valence-electron chi connectivity index (χ2n) is 6.76. The number of rotatable bonds is 5. The zero-order chi connectivity index (χ0) is 14.7. The molecule has 0 bridgehead atoms. The van der Waals surface area contributed by atoms with Crippen molar-refractivity contribution in [1.29, 1.82) is 0 Å². The van der Waals surface area contributed by atoms with Crippen LogP contribution in [0.2, 0.25) is 0 Å². The summed E-state index contributed by atoms with van der Waals surface area (Å²) in [6.07, 6.45) is 13.5. The molecule has 3 rings (SSSR count). The van der Waals surface area contributed by atoms with Crippen molar-refractivity contribution >= 4 is 0 Å². The molecule has 1 saturated heterocycles. The highest BCUT2D eigenvalue weighted by Gasteiger charge is 2.37. The lowest BCUT2D eigenvalue weighted by molar-refractivity contribution is 0.0251. The van der Waals surface area contributed by atoms with Crippen molar-refractivity contribution in [3.8, 4) is 0 Å². The number of hydrogen-bond donors (Lipinski definition) is 1. The number of nitrogens with two attached hydrogens (primary N) is 1. The topological polar surface area (TPSA) is 47.1 Å². The Morgan fingerprint density at radius 2 is 2.10 bits per heavy atom. The number of fused-ring (bicyclic) bond motifs is 1. The molecule has 21 heavy (non-hydrogen) atoms. The van der Waals surface area contributed by atoms with E-state index in [0.717, 1.165) is 24.9 Å². The van der Waals surface area contributed by atoms with E-state index in [1.807, 2.05) is 12.5 Å². The second kappa shape index (κ2) is 6.93. The van der Waals surface area contributed by atoms with Gasteiger partial charge >= 0.3 is 0 Å². The molecule has 4 nitrogen and oxygen atoms in total. The quantitative estimate of drug-likeness (QED) is 0.907. The summed E-state index contributed by atoms with van der Waals surface area (Å²) >= 11 is 0. The molecule has 0 spiro atoms. The molecule has 2 N–H and O–H groups in total. The maximum Gasteiger partial charge on any atom is 0.0948 e. The molecule has 1 aromatic heterocycles.